The van der Waals surface area contributed by atoms with E-state index in [4.69, 9.17) is 5.73 Å². The molecule has 2 unspecified atom stereocenters. The molecular formula is C38H68N6O5S. The number of hydrogen-bond acceptors (Lipinski definition) is 8. The van der Waals surface area contributed by atoms with Gasteiger partial charge in [-0.15, -0.1) is 0 Å². The second kappa shape index (κ2) is 20.2. The molecule has 6 atom stereocenters. The third-order valence-corrected chi connectivity index (χ3v) is 12.1. The van der Waals surface area contributed by atoms with Crippen molar-refractivity contribution in [3.63, 3.8) is 0 Å². The number of rotatable bonds is 18. The topological polar surface area (TPSA) is 163 Å². The molecule has 286 valence electrons. The SMILES string of the molecule is CNCCCN(S)C[C@@H](NC(=O)N[C@H](C(=O)C1CC[C@H](C(=O)NC(CC2CCC2)C(=O)C(N)=O)[C@@H](C(C)C)CC1)C1CCCCC1)C(C)(C)C. The fraction of sp³-hybridized carbons (Fsp3) is 0.868. The summed E-state index contributed by atoms with van der Waals surface area (Å²) < 4.78 is 1.94. The number of carbonyl (C=O) groups is 5. The summed E-state index contributed by atoms with van der Waals surface area (Å²) in [6.45, 7) is 12.7. The van der Waals surface area contributed by atoms with E-state index in [1.165, 1.54) is 0 Å². The van der Waals surface area contributed by atoms with E-state index in [1.54, 1.807) is 0 Å². The van der Waals surface area contributed by atoms with Crippen LogP contribution in [0.4, 0.5) is 4.79 Å². The lowest BCUT2D eigenvalue weighted by molar-refractivity contribution is -0.139. The maximum Gasteiger partial charge on any atom is 0.315 e. The number of nitrogens with zero attached hydrogens (tertiary/aromatic N) is 1. The Bertz CT molecular complexity index is 1140. The zero-order valence-electron chi connectivity index (χ0n) is 31.7. The lowest BCUT2D eigenvalue weighted by Gasteiger charge is -2.36. The number of Topliss-reactive ketones (excluding diaryl/α,β-unsaturated/α-hetero) is 2. The number of ketones is 2. The van der Waals surface area contributed by atoms with Crippen LogP contribution >= 0.6 is 12.8 Å². The van der Waals surface area contributed by atoms with Crippen LogP contribution in [0.3, 0.4) is 0 Å². The highest BCUT2D eigenvalue weighted by Gasteiger charge is 2.41. The Morgan fingerprint density at radius 2 is 1.52 bits per heavy atom. The van der Waals surface area contributed by atoms with Crippen LogP contribution in [-0.2, 0) is 19.2 Å². The van der Waals surface area contributed by atoms with Crippen LogP contribution in [-0.4, -0.2) is 78.5 Å². The number of nitrogens with one attached hydrogen (secondary N) is 4. The molecule has 6 N–H and O–H groups in total. The Kier molecular flexibility index (Phi) is 17.0. The number of amides is 4. The highest BCUT2D eigenvalue weighted by Crippen LogP contribution is 2.39. The first-order valence-corrected chi connectivity index (χ1v) is 19.9. The first-order valence-electron chi connectivity index (χ1n) is 19.5. The van der Waals surface area contributed by atoms with Crippen LogP contribution in [0.25, 0.3) is 0 Å². The molecule has 12 heteroatoms. The summed E-state index contributed by atoms with van der Waals surface area (Å²) in [6, 6.07) is -2.01. The Morgan fingerprint density at radius 1 is 0.860 bits per heavy atom. The van der Waals surface area contributed by atoms with Crippen molar-refractivity contribution in [2.45, 2.75) is 143 Å². The third-order valence-electron chi connectivity index (χ3n) is 11.8. The largest absolute Gasteiger partial charge is 0.363 e. The second-order valence-corrected chi connectivity index (χ2v) is 17.4. The average molecular weight is 721 g/mol. The lowest BCUT2D eigenvalue weighted by Crippen LogP contribution is -2.57. The summed E-state index contributed by atoms with van der Waals surface area (Å²) in [4.78, 5) is 66.6. The number of primary amides is 1. The fourth-order valence-electron chi connectivity index (χ4n) is 8.25. The minimum atomic E-state index is -1.02. The number of urea groups is 1. The van der Waals surface area contributed by atoms with Crippen LogP contribution in [0.15, 0.2) is 0 Å². The van der Waals surface area contributed by atoms with Crippen LogP contribution in [0.1, 0.15) is 125 Å². The lowest BCUT2D eigenvalue weighted by atomic mass is 9.78. The predicted molar refractivity (Wildman–Crippen MR) is 201 cm³/mol. The van der Waals surface area contributed by atoms with Crippen molar-refractivity contribution in [2.24, 2.45) is 46.7 Å². The minimum Gasteiger partial charge on any atom is -0.363 e. The van der Waals surface area contributed by atoms with Crippen molar-refractivity contribution in [3.8, 4) is 0 Å². The van der Waals surface area contributed by atoms with Gasteiger partial charge in [-0.1, -0.05) is 86.0 Å². The van der Waals surface area contributed by atoms with Gasteiger partial charge < -0.3 is 27.0 Å². The second-order valence-electron chi connectivity index (χ2n) is 16.9. The zero-order chi connectivity index (χ0) is 37.0. The molecule has 0 spiro atoms. The van der Waals surface area contributed by atoms with Crippen LogP contribution in [0.5, 0.6) is 0 Å². The molecule has 0 aromatic carbocycles. The maximum atomic E-state index is 14.5. The van der Waals surface area contributed by atoms with Crippen LogP contribution < -0.4 is 27.0 Å². The Morgan fingerprint density at radius 3 is 2.08 bits per heavy atom. The standard InChI is InChI=1S/C38H68N6O5S/c1-24(2)28-18-16-27(17-19-29(28)36(48)41-30(34(46)35(39)47)22-25-12-10-13-25)33(45)32(26-14-8-7-9-15-26)43-37(49)42-31(38(3,4)5)23-44(50)21-11-20-40-6/h24-32,40,50H,7-23H2,1-6H3,(H2,39,47)(H,41,48)(H2,42,43,49)/t27?,28-,29+,30?,31-,32+/m1/s1. The van der Waals surface area contributed by atoms with E-state index in [9.17, 15) is 24.0 Å². The summed E-state index contributed by atoms with van der Waals surface area (Å²) in [5.41, 5.74) is 5.15. The van der Waals surface area contributed by atoms with Crippen molar-refractivity contribution < 1.29 is 24.0 Å². The van der Waals surface area contributed by atoms with Gasteiger partial charge in [0.1, 0.15) is 0 Å². The van der Waals surface area contributed by atoms with Gasteiger partial charge in [0.25, 0.3) is 5.91 Å². The maximum absolute atomic E-state index is 14.5. The van der Waals surface area contributed by atoms with Gasteiger partial charge in [-0.05, 0) is 94.0 Å². The number of nitrogens with two attached hydrogens (primary N) is 1. The fourth-order valence-corrected chi connectivity index (χ4v) is 8.55. The number of thiol groups is 1. The molecule has 0 aliphatic heterocycles. The molecule has 4 amide bonds. The van der Waals surface area contributed by atoms with Crippen molar-refractivity contribution in [1.82, 2.24) is 25.6 Å². The number of hydrogen-bond donors (Lipinski definition) is 6. The van der Waals surface area contributed by atoms with E-state index in [0.717, 1.165) is 70.9 Å². The molecule has 3 aliphatic rings. The van der Waals surface area contributed by atoms with E-state index >= 15 is 0 Å². The molecule has 0 bridgehead atoms. The van der Waals surface area contributed by atoms with Gasteiger partial charge in [-0.25, -0.2) is 4.79 Å². The predicted octanol–water partition coefficient (Wildman–Crippen LogP) is 4.78. The summed E-state index contributed by atoms with van der Waals surface area (Å²) in [5, 5.41) is 12.4. The third kappa shape index (κ3) is 12.8. The van der Waals surface area contributed by atoms with Crippen molar-refractivity contribution in [3.05, 3.63) is 0 Å². The highest BCUT2D eigenvalue weighted by atomic mass is 32.1. The van der Waals surface area contributed by atoms with E-state index in [-0.39, 0.29) is 58.8 Å². The normalized spacial score (nSPS) is 24.1. The number of carbonyl (C=O) groups excluding carboxylic acids is 5. The first-order chi connectivity index (χ1) is 23.6. The molecule has 11 nitrogen and oxygen atoms in total. The van der Waals surface area contributed by atoms with Crippen molar-refractivity contribution in [1.29, 1.82) is 0 Å². The van der Waals surface area contributed by atoms with Gasteiger partial charge in [0.2, 0.25) is 11.7 Å². The molecule has 3 saturated carbocycles. The molecule has 0 radical (unpaired) electrons. The van der Waals surface area contributed by atoms with Gasteiger partial charge in [0.15, 0.2) is 5.78 Å². The highest BCUT2D eigenvalue weighted by molar-refractivity contribution is 7.77. The Balaban J connectivity index is 1.74. The molecular weight excluding hydrogens is 653 g/mol. The van der Waals surface area contributed by atoms with E-state index in [1.807, 2.05) is 11.4 Å². The summed E-state index contributed by atoms with van der Waals surface area (Å²) in [6.07, 6.45) is 11.8. The van der Waals surface area contributed by atoms with Crippen molar-refractivity contribution >= 4 is 42.2 Å². The first kappa shape index (κ1) is 42.2. The van der Waals surface area contributed by atoms with Crippen LogP contribution in [0.2, 0.25) is 0 Å². The summed E-state index contributed by atoms with van der Waals surface area (Å²) >= 11 is 4.68. The van der Waals surface area contributed by atoms with E-state index in [2.05, 4.69) is 68.7 Å². The smallest absolute Gasteiger partial charge is 0.315 e. The Hall–Kier alpha value is -2.18. The minimum absolute atomic E-state index is 0.0232. The zero-order valence-corrected chi connectivity index (χ0v) is 32.6. The molecule has 0 aromatic rings. The van der Waals surface area contributed by atoms with Gasteiger partial charge in [0, 0.05) is 31.0 Å². The molecule has 3 fully saturated rings. The molecule has 0 saturated heterocycles. The van der Waals surface area contributed by atoms with Gasteiger partial charge in [-0.3, -0.25) is 23.5 Å². The van der Waals surface area contributed by atoms with Crippen molar-refractivity contribution in [2.75, 3.05) is 26.7 Å². The van der Waals surface area contributed by atoms with E-state index in [0.29, 0.717) is 44.6 Å². The molecule has 0 aromatic heterocycles. The van der Waals surface area contributed by atoms with Gasteiger partial charge in [0.05, 0.1) is 12.1 Å². The monoisotopic (exact) mass is 720 g/mol. The molecule has 3 rings (SSSR count). The quantitative estimate of drug-likeness (QED) is 0.0514. The summed E-state index contributed by atoms with van der Waals surface area (Å²) in [7, 11) is 1.92. The Labute approximate surface area is 307 Å². The molecule has 3 aliphatic carbocycles. The van der Waals surface area contributed by atoms with Gasteiger partial charge >= 0.3 is 6.03 Å². The van der Waals surface area contributed by atoms with Crippen LogP contribution in [0, 0.1) is 40.9 Å². The van der Waals surface area contributed by atoms with E-state index < -0.39 is 23.8 Å². The average Bonchev–Trinajstić information content (AvgIpc) is 3.27. The molecule has 50 heavy (non-hydrogen) atoms. The van der Waals surface area contributed by atoms with Gasteiger partial charge in [-0.2, -0.15) is 0 Å². The molecule has 0 heterocycles. The summed E-state index contributed by atoms with van der Waals surface area (Å²) in [5.74, 6) is -1.99.